The molecule has 39 heavy (non-hydrogen) atoms. The van der Waals surface area contributed by atoms with E-state index in [1.165, 1.54) is 28.5 Å². The number of carbonyl (C=O) groups excluding carboxylic acids is 1. The Hall–Kier alpha value is -3.66. The largest absolute Gasteiger partial charge is 0.444 e. The van der Waals surface area contributed by atoms with Gasteiger partial charge in [-0.1, -0.05) is 12.1 Å². The summed E-state index contributed by atoms with van der Waals surface area (Å²) in [6.07, 6.45) is 2.95. The standard InChI is InChI=1S/C29H27BrF2N4O3/c1-29(2,3)39-28(38)34-24(12-16-10-20(31)14-21(32)11-16)26-35-25-23(13-19(30)15-33-25)27(37)36(26)22-8-6-18(7-9-22)17-4-5-17/h6-11,13-15,17,24H,4-5,12H2,1-3H3,(H,34,38)/t24-/m0/s1. The number of carbonyl (C=O) groups is 1. The maximum atomic E-state index is 14.1. The average molecular weight is 597 g/mol. The summed E-state index contributed by atoms with van der Waals surface area (Å²) in [5.41, 5.74) is 0.959. The van der Waals surface area contributed by atoms with Crippen molar-refractivity contribution in [3.05, 3.63) is 98.1 Å². The number of halogens is 3. The molecule has 1 atom stereocenters. The molecule has 0 bridgehead atoms. The number of ether oxygens (including phenoxy) is 1. The predicted octanol–water partition coefficient (Wildman–Crippen LogP) is 6.51. The highest BCUT2D eigenvalue weighted by Gasteiger charge is 2.28. The second-order valence-corrected chi connectivity index (χ2v) is 11.6. The van der Waals surface area contributed by atoms with Gasteiger partial charge in [-0.25, -0.2) is 23.5 Å². The highest BCUT2D eigenvalue weighted by molar-refractivity contribution is 9.10. The lowest BCUT2D eigenvalue weighted by Gasteiger charge is -2.25. The molecule has 1 fully saturated rings. The number of benzene rings is 2. The van der Waals surface area contributed by atoms with Gasteiger partial charge in [0.15, 0.2) is 5.65 Å². The maximum Gasteiger partial charge on any atom is 0.408 e. The van der Waals surface area contributed by atoms with E-state index in [0.717, 1.165) is 18.9 Å². The zero-order chi connectivity index (χ0) is 27.9. The number of amides is 1. The van der Waals surface area contributed by atoms with Gasteiger partial charge in [0.25, 0.3) is 5.56 Å². The van der Waals surface area contributed by atoms with Crippen LogP contribution < -0.4 is 10.9 Å². The van der Waals surface area contributed by atoms with E-state index in [1.807, 2.05) is 24.3 Å². The lowest BCUT2D eigenvalue weighted by atomic mass is 10.0. The van der Waals surface area contributed by atoms with E-state index in [1.54, 1.807) is 26.8 Å². The van der Waals surface area contributed by atoms with Gasteiger partial charge in [0.05, 0.1) is 17.1 Å². The molecule has 2 aromatic heterocycles. The monoisotopic (exact) mass is 596 g/mol. The Morgan fingerprint density at radius 1 is 1.13 bits per heavy atom. The highest BCUT2D eigenvalue weighted by Crippen LogP contribution is 2.40. The molecule has 1 aliphatic rings. The summed E-state index contributed by atoms with van der Waals surface area (Å²) < 4.78 is 35.7. The number of rotatable bonds is 6. The number of hydrogen-bond acceptors (Lipinski definition) is 5. The van der Waals surface area contributed by atoms with Crippen molar-refractivity contribution < 1.29 is 18.3 Å². The van der Waals surface area contributed by atoms with Crippen LogP contribution in [0.2, 0.25) is 0 Å². The van der Waals surface area contributed by atoms with E-state index in [4.69, 9.17) is 4.74 Å². The van der Waals surface area contributed by atoms with Gasteiger partial charge < -0.3 is 10.1 Å². The van der Waals surface area contributed by atoms with E-state index in [9.17, 15) is 18.4 Å². The first-order chi connectivity index (χ1) is 18.5. The van der Waals surface area contributed by atoms with Crippen molar-refractivity contribution in [3.8, 4) is 5.69 Å². The number of alkyl carbamates (subject to hydrolysis) is 1. The number of hydrogen-bond donors (Lipinski definition) is 1. The second-order valence-electron chi connectivity index (χ2n) is 10.7. The first-order valence-electron chi connectivity index (χ1n) is 12.6. The van der Waals surface area contributed by atoms with Crippen molar-refractivity contribution >= 4 is 33.1 Å². The summed E-state index contributed by atoms with van der Waals surface area (Å²) in [7, 11) is 0. The fraction of sp³-hybridized carbons (Fsp3) is 0.310. The Kier molecular flexibility index (Phi) is 7.24. The summed E-state index contributed by atoms with van der Waals surface area (Å²) in [6, 6.07) is 11.4. The molecular formula is C29H27BrF2N4O3. The molecule has 0 spiro atoms. The van der Waals surface area contributed by atoms with Crippen LogP contribution in [0.4, 0.5) is 13.6 Å². The van der Waals surface area contributed by atoms with Crippen molar-refractivity contribution in [2.24, 2.45) is 0 Å². The van der Waals surface area contributed by atoms with E-state index in [2.05, 4.69) is 31.2 Å². The average Bonchev–Trinajstić information content (AvgIpc) is 3.68. The van der Waals surface area contributed by atoms with Gasteiger partial charge in [-0.2, -0.15) is 0 Å². The number of nitrogens with zero attached hydrogens (tertiary/aromatic N) is 3. The fourth-order valence-corrected chi connectivity index (χ4v) is 4.81. The molecule has 1 saturated carbocycles. The van der Waals surface area contributed by atoms with E-state index < -0.39 is 34.9 Å². The third-order valence-electron chi connectivity index (χ3n) is 6.28. The lowest BCUT2D eigenvalue weighted by molar-refractivity contribution is 0.0500. The molecule has 5 rings (SSSR count). The third kappa shape index (κ3) is 6.33. The number of fused-ring (bicyclic) bond motifs is 1. The zero-order valence-electron chi connectivity index (χ0n) is 21.7. The number of aromatic nitrogens is 3. The molecule has 1 N–H and O–H groups in total. The van der Waals surface area contributed by atoms with Crippen LogP contribution in [0.1, 0.15) is 62.5 Å². The normalized spacial score (nSPS) is 14.3. The molecule has 0 radical (unpaired) electrons. The van der Waals surface area contributed by atoms with Crippen LogP contribution in [-0.2, 0) is 11.2 Å². The highest BCUT2D eigenvalue weighted by atomic mass is 79.9. The molecule has 202 valence electrons. The van der Waals surface area contributed by atoms with Crippen molar-refractivity contribution in [2.75, 3.05) is 0 Å². The van der Waals surface area contributed by atoms with Gasteiger partial charge in [-0.15, -0.1) is 0 Å². The van der Waals surface area contributed by atoms with Gasteiger partial charge in [0, 0.05) is 23.2 Å². The summed E-state index contributed by atoms with van der Waals surface area (Å²) in [4.78, 5) is 35.8. The van der Waals surface area contributed by atoms with Crippen molar-refractivity contribution in [1.29, 1.82) is 0 Å². The minimum Gasteiger partial charge on any atom is -0.444 e. The van der Waals surface area contributed by atoms with Crippen LogP contribution in [0.25, 0.3) is 16.7 Å². The minimum atomic E-state index is -0.994. The molecule has 1 aliphatic carbocycles. The molecule has 2 aromatic carbocycles. The first-order valence-corrected chi connectivity index (χ1v) is 13.4. The Morgan fingerprint density at radius 3 is 2.41 bits per heavy atom. The number of nitrogens with one attached hydrogen (secondary N) is 1. The van der Waals surface area contributed by atoms with Crippen LogP contribution in [0.5, 0.6) is 0 Å². The van der Waals surface area contributed by atoms with Crippen molar-refractivity contribution in [2.45, 2.75) is 57.6 Å². The quantitative estimate of drug-likeness (QED) is 0.274. The van der Waals surface area contributed by atoms with Crippen molar-refractivity contribution in [1.82, 2.24) is 19.9 Å². The summed E-state index contributed by atoms with van der Waals surface area (Å²) in [6.45, 7) is 5.16. The van der Waals surface area contributed by atoms with E-state index >= 15 is 0 Å². The summed E-state index contributed by atoms with van der Waals surface area (Å²) in [5, 5.41) is 3.04. The second kappa shape index (κ2) is 10.5. The molecule has 4 aromatic rings. The molecule has 10 heteroatoms. The molecule has 7 nitrogen and oxygen atoms in total. The summed E-state index contributed by atoms with van der Waals surface area (Å²) in [5.74, 6) is -0.842. The summed E-state index contributed by atoms with van der Waals surface area (Å²) >= 11 is 3.36. The Bertz CT molecular complexity index is 1590. The first kappa shape index (κ1) is 26.9. The molecule has 0 aliphatic heterocycles. The SMILES string of the molecule is CC(C)(C)OC(=O)N[C@@H](Cc1cc(F)cc(F)c1)c1nc2ncc(Br)cc2c(=O)n1-c1ccc(C2CC2)cc1. The lowest BCUT2D eigenvalue weighted by Crippen LogP contribution is -2.39. The van der Waals surface area contributed by atoms with Crippen LogP contribution in [0.3, 0.4) is 0 Å². The molecule has 1 amide bonds. The van der Waals surface area contributed by atoms with E-state index in [0.29, 0.717) is 16.1 Å². The Balaban J connectivity index is 1.68. The van der Waals surface area contributed by atoms with Gasteiger partial charge in [0.2, 0.25) is 0 Å². The van der Waals surface area contributed by atoms with Crippen LogP contribution >= 0.6 is 15.9 Å². The van der Waals surface area contributed by atoms with Gasteiger partial charge in [-0.05, 0) is 96.9 Å². The van der Waals surface area contributed by atoms with Crippen molar-refractivity contribution in [3.63, 3.8) is 0 Å². The Morgan fingerprint density at radius 2 is 1.79 bits per heavy atom. The predicted molar refractivity (Wildman–Crippen MR) is 147 cm³/mol. The van der Waals surface area contributed by atoms with Gasteiger partial charge in [-0.3, -0.25) is 9.36 Å². The zero-order valence-corrected chi connectivity index (χ0v) is 23.3. The van der Waals surface area contributed by atoms with E-state index in [-0.39, 0.29) is 28.8 Å². The molecule has 0 unspecified atom stereocenters. The number of pyridine rings is 1. The van der Waals surface area contributed by atoms with Gasteiger partial charge in [0.1, 0.15) is 23.1 Å². The molecular weight excluding hydrogens is 570 g/mol. The smallest absolute Gasteiger partial charge is 0.408 e. The third-order valence-corrected chi connectivity index (χ3v) is 6.71. The fourth-order valence-electron chi connectivity index (χ4n) is 4.48. The minimum absolute atomic E-state index is 0.0669. The van der Waals surface area contributed by atoms with Crippen LogP contribution in [0.15, 0.2) is 64.0 Å². The van der Waals surface area contributed by atoms with Crippen LogP contribution in [-0.4, -0.2) is 26.2 Å². The van der Waals surface area contributed by atoms with Crippen LogP contribution in [0, 0.1) is 11.6 Å². The maximum absolute atomic E-state index is 14.1. The molecule has 2 heterocycles. The Labute approximate surface area is 232 Å². The topological polar surface area (TPSA) is 86.1 Å². The van der Waals surface area contributed by atoms with Gasteiger partial charge >= 0.3 is 6.09 Å². The molecule has 0 saturated heterocycles.